The summed E-state index contributed by atoms with van der Waals surface area (Å²) in [6.07, 6.45) is 0. The maximum absolute atomic E-state index is 12.2. The van der Waals surface area contributed by atoms with Gasteiger partial charge < -0.3 is 14.8 Å². The molecule has 0 unspecified atom stereocenters. The highest BCUT2D eigenvalue weighted by Crippen LogP contribution is 2.29. The van der Waals surface area contributed by atoms with E-state index in [0.29, 0.717) is 17.1 Å². The standard InChI is InChI=1S/C21H19NO3/c1-15-7-6-8-16(13-15)22-17-11-12-20(19(14-17)21(23)24-2)25-18-9-4-3-5-10-18/h3-14,22H,1-2H3. The van der Waals surface area contributed by atoms with Crippen LogP contribution in [0.25, 0.3) is 0 Å². The van der Waals surface area contributed by atoms with Crippen molar-refractivity contribution in [2.75, 3.05) is 12.4 Å². The lowest BCUT2D eigenvalue weighted by molar-refractivity contribution is 0.0598. The van der Waals surface area contributed by atoms with E-state index in [0.717, 1.165) is 16.9 Å². The van der Waals surface area contributed by atoms with Gasteiger partial charge in [-0.05, 0) is 55.0 Å². The highest BCUT2D eigenvalue weighted by molar-refractivity contribution is 5.94. The lowest BCUT2D eigenvalue weighted by Crippen LogP contribution is -2.05. The number of esters is 1. The number of anilines is 2. The molecule has 0 radical (unpaired) electrons. The van der Waals surface area contributed by atoms with Crippen molar-refractivity contribution in [3.8, 4) is 11.5 Å². The summed E-state index contributed by atoms with van der Waals surface area (Å²) in [6, 6.07) is 22.7. The van der Waals surface area contributed by atoms with Crippen LogP contribution < -0.4 is 10.1 Å². The largest absolute Gasteiger partial charge is 0.465 e. The first kappa shape index (κ1) is 16.6. The lowest BCUT2D eigenvalue weighted by Gasteiger charge is -2.13. The van der Waals surface area contributed by atoms with Gasteiger partial charge in [0, 0.05) is 11.4 Å². The summed E-state index contributed by atoms with van der Waals surface area (Å²) in [5, 5.41) is 3.29. The number of hydrogen-bond acceptors (Lipinski definition) is 4. The van der Waals surface area contributed by atoms with Crippen LogP contribution in [0, 0.1) is 6.92 Å². The maximum atomic E-state index is 12.2. The van der Waals surface area contributed by atoms with Crippen LogP contribution in [-0.2, 0) is 4.74 Å². The number of ether oxygens (including phenoxy) is 2. The maximum Gasteiger partial charge on any atom is 0.341 e. The Morgan fingerprint density at radius 2 is 1.64 bits per heavy atom. The van der Waals surface area contributed by atoms with E-state index >= 15 is 0 Å². The van der Waals surface area contributed by atoms with Crippen molar-refractivity contribution in [1.29, 1.82) is 0 Å². The van der Waals surface area contributed by atoms with Gasteiger partial charge in [0.15, 0.2) is 0 Å². The molecule has 0 aliphatic carbocycles. The molecule has 0 aliphatic heterocycles. The van der Waals surface area contributed by atoms with Gasteiger partial charge in [-0.25, -0.2) is 4.79 Å². The summed E-state index contributed by atoms with van der Waals surface area (Å²) in [4.78, 5) is 12.2. The number of carbonyl (C=O) groups excluding carboxylic acids is 1. The molecule has 0 atom stereocenters. The van der Waals surface area contributed by atoms with Crippen LogP contribution in [0.5, 0.6) is 11.5 Å². The molecule has 3 aromatic rings. The molecular formula is C21H19NO3. The van der Waals surface area contributed by atoms with E-state index in [2.05, 4.69) is 5.32 Å². The molecule has 0 saturated carbocycles. The minimum atomic E-state index is -0.446. The van der Waals surface area contributed by atoms with Crippen molar-refractivity contribution in [2.24, 2.45) is 0 Å². The number of carbonyl (C=O) groups is 1. The smallest absolute Gasteiger partial charge is 0.341 e. The van der Waals surface area contributed by atoms with Gasteiger partial charge in [-0.1, -0.05) is 30.3 Å². The van der Waals surface area contributed by atoms with Crippen LogP contribution in [0.1, 0.15) is 15.9 Å². The van der Waals surface area contributed by atoms with E-state index in [1.54, 1.807) is 12.1 Å². The molecule has 0 spiro atoms. The number of hydrogen-bond donors (Lipinski definition) is 1. The Morgan fingerprint density at radius 1 is 0.880 bits per heavy atom. The van der Waals surface area contributed by atoms with Gasteiger partial charge >= 0.3 is 5.97 Å². The Labute approximate surface area is 147 Å². The fourth-order valence-corrected chi connectivity index (χ4v) is 2.47. The molecule has 25 heavy (non-hydrogen) atoms. The Hall–Kier alpha value is -3.27. The number of nitrogens with one attached hydrogen (secondary N) is 1. The summed E-state index contributed by atoms with van der Waals surface area (Å²) in [7, 11) is 1.36. The SMILES string of the molecule is COC(=O)c1cc(Nc2cccc(C)c2)ccc1Oc1ccccc1. The Kier molecular flexibility index (Phi) is 5.00. The van der Waals surface area contributed by atoms with E-state index < -0.39 is 5.97 Å². The van der Waals surface area contributed by atoms with Crippen molar-refractivity contribution < 1.29 is 14.3 Å². The monoisotopic (exact) mass is 333 g/mol. The van der Waals surface area contributed by atoms with Crippen LogP contribution in [0.4, 0.5) is 11.4 Å². The van der Waals surface area contributed by atoms with Crippen molar-refractivity contribution in [3.63, 3.8) is 0 Å². The van der Waals surface area contributed by atoms with Crippen LogP contribution >= 0.6 is 0 Å². The molecule has 1 N–H and O–H groups in total. The third-order valence-electron chi connectivity index (χ3n) is 3.66. The zero-order valence-electron chi connectivity index (χ0n) is 14.2. The van der Waals surface area contributed by atoms with Crippen LogP contribution in [0.2, 0.25) is 0 Å². The van der Waals surface area contributed by atoms with E-state index in [4.69, 9.17) is 9.47 Å². The number of aryl methyl sites for hydroxylation is 1. The van der Waals surface area contributed by atoms with Gasteiger partial charge in [0.05, 0.1) is 7.11 Å². The Bertz CT molecular complexity index is 875. The molecule has 4 heteroatoms. The summed E-state index contributed by atoms with van der Waals surface area (Å²) in [5.41, 5.74) is 3.25. The predicted molar refractivity (Wildman–Crippen MR) is 98.8 cm³/mol. The number of benzene rings is 3. The Balaban J connectivity index is 1.90. The fourth-order valence-electron chi connectivity index (χ4n) is 2.47. The van der Waals surface area contributed by atoms with Crippen molar-refractivity contribution in [2.45, 2.75) is 6.92 Å². The summed E-state index contributed by atoms with van der Waals surface area (Å²) in [6.45, 7) is 2.03. The topological polar surface area (TPSA) is 47.6 Å². The van der Waals surface area contributed by atoms with Crippen LogP contribution in [-0.4, -0.2) is 13.1 Å². The fraction of sp³-hybridized carbons (Fsp3) is 0.0952. The normalized spacial score (nSPS) is 10.2. The van der Waals surface area contributed by atoms with E-state index in [-0.39, 0.29) is 0 Å². The van der Waals surface area contributed by atoms with Crippen LogP contribution in [0.15, 0.2) is 72.8 Å². The highest BCUT2D eigenvalue weighted by Gasteiger charge is 2.15. The molecule has 126 valence electrons. The molecular weight excluding hydrogens is 314 g/mol. The molecule has 0 amide bonds. The van der Waals surface area contributed by atoms with E-state index in [1.807, 2.05) is 67.6 Å². The van der Waals surface area contributed by atoms with Gasteiger partial charge in [0.25, 0.3) is 0 Å². The first-order chi connectivity index (χ1) is 12.2. The first-order valence-corrected chi connectivity index (χ1v) is 7.94. The third kappa shape index (κ3) is 4.18. The summed E-state index contributed by atoms with van der Waals surface area (Å²) >= 11 is 0. The number of rotatable bonds is 5. The van der Waals surface area contributed by atoms with Gasteiger partial charge in [-0.15, -0.1) is 0 Å². The van der Waals surface area contributed by atoms with E-state index in [9.17, 15) is 4.79 Å². The average Bonchev–Trinajstić information content (AvgIpc) is 2.63. The minimum Gasteiger partial charge on any atom is -0.465 e. The molecule has 0 bridgehead atoms. The molecule has 0 aromatic heterocycles. The average molecular weight is 333 g/mol. The van der Waals surface area contributed by atoms with Crippen molar-refractivity contribution in [3.05, 3.63) is 83.9 Å². The second-order valence-corrected chi connectivity index (χ2v) is 5.61. The van der Waals surface area contributed by atoms with Gasteiger partial charge in [-0.3, -0.25) is 0 Å². The summed E-state index contributed by atoms with van der Waals surface area (Å²) < 4.78 is 10.7. The first-order valence-electron chi connectivity index (χ1n) is 7.94. The molecule has 0 aliphatic rings. The zero-order valence-corrected chi connectivity index (χ0v) is 14.2. The molecule has 4 nitrogen and oxygen atoms in total. The quantitative estimate of drug-likeness (QED) is 0.642. The number of methoxy groups -OCH3 is 1. The Morgan fingerprint density at radius 3 is 2.36 bits per heavy atom. The van der Waals surface area contributed by atoms with Gasteiger partial charge in [0.1, 0.15) is 17.1 Å². The third-order valence-corrected chi connectivity index (χ3v) is 3.66. The summed E-state index contributed by atoms with van der Waals surface area (Å²) in [5.74, 6) is 0.665. The lowest BCUT2D eigenvalue weighted by atomic mass is 10.1. The minimum absolute atomic E-state index is 0.365. The molecule has 0 saturated heterocycles. The zero-order chi connectivity index (χ0) is 17.6. The number of para-hydroxylation sites is 1. The van der Waals surface area contributed by atoms with Gasteiger partial charge in [-0.2, -0.15) is 0 Å². The predicted octanol–water partition coefficient (Wildman–Crippen LogP) is 5.32. The molecule has 0 fully saturated rings. The molecule has 3 rings (SSSR count). The second kappa shape index (κ2) is 7.53. The second-order valence-electron chi connectivity index (χ2n) is 5.61. The highest BCUT2D eigenvalue weighted by atomic mass is 16.5. The van der Waals surface area contributed by atoms with Crippen LogP contribution in [0.3, 0.4) is 0 Å². The van der Waals surface area contributed by atoms with Crippen molar-refractivity contribution >= 4 is 17.3 Å². The van der Waals surface area contributed by atoms with E-state index in [1.165, 1.54) is 7.11 Å². The van der Waals surface area contributed by atoms with Crippen molar-refractivity contribution in [1.82, 2.24) is 0 Å². The molecule has 0 heterocycles. The van der Waals surface area contributed by atoms with Gasteiger partial charge in [0.2, 0.25) is 0 Å². The molecule has 3 aromatic carbocycles.